The summed E-state index contributed by atoms with van der Waals surface area (Å²) in [6.45, 7) is 0. The molecule has 26 heavy (non-hydrogen) atoms. The van der Waals surface area contributed by atoms with Gasteiger partial charge in [-0.05, 0) is 24.3 Å². The predicted molar refractivity (Wildman–Crippen MR) is 96.5 cm³/mol. The first-order valence-corrected chi connectivity index (χ1v) is 8.30. The molecule has 0 bridgehead atoms. The van der Waals surface area contributed by atoms with Crippen LogP contribution >= 0.6 is 0 Å². The summed E-state index contributed by atoms with van der Waals surface area (Å²) in [6, 6.07) is 15.4. The minimum atomic E-state index is -2.69. The van der Waals surface area contributed by atoms with Crippen LogP contribution in [0.3, 0.4) is 0 Å². The molecule has 0 fully saturated rings. The minimum absolute atomic E-state index is 0. The third kappa shape index (κ3) is 9.00. The van der Waals surface area contributed by atoms with Crippen molar-refractivity contribution in [2.24, 2.45) is 0 Å². The van der Waals surface area contributed by atoms with Crippen molar-refractivity contribution in [3.8, 4) is 0 Å². The normalized spacial score (nSPS) is 11.8. The summed E-state index contributed by atoms with van der Waals surface area (Å²) in [5.41, 5.74) is 0.261. The molecular formula is C14H12Na2O8S2. The summed E-state index contributed by atoms with van der Waals surface area (Å²) < 4.78 is 39.6. The molecule has 2 atom stereocenters. The summed E-state index contributed by atoms with van der Waals surface area (Å²) in [5, 5.41) is 0. The van der Waals surface area contributed by atoms with Crippen molar-refractivity contribution in [3.63, 3.8) is 0 Å². The number of hydrogen-bond acceptors (Lipinski definition) is 8. The molecule has 0 saturated carbocycles. The first-order valence-electron chi connectivity index (χ1n) is 6.30. The molecule has 0 spiro atoms. The average molecular weight is 418 g/mol. The van der Waals surface area contributed by atoms with Crippen molar-refractivity contribution in [1.82, 2.24) is 0 Å². The zero-order valence-corrected chi connectivity index (χ0v) is 13.5. The maximum atomic E-state index is 11.6. The van der Waals surface area contributed by atoms with Crippen molar-refractivity contribution in [1.29, 1.82) is 0 Å². The molecule has 2 rings (SSSR count). The fraction of sp³-hybridized carbons (Fsp3) is 0. The molecule has 0 aliphatic heterocycles. The van der Waals surface area contributed by atoms with E-state index in [0.717, 1.165) is 0 Å². The molecule has 0 heterocycles. The summed E-state index contributed by atoms with van der Waals surface area (Å²) >= 11 is -5.37. The van der Waals surface area contributed by atoms with Crippen LogP contribution in [0.4, 0.5) is 0 Å². The van der Waals surface area contributed by atoms with Gasteiger partial charge in [-0.2, -0.15) is 8.42 Å². The molecule has 0 amide bonds. The molecule has 0 N–H and O–H groups in total. The van der Waals surface area contributed by atoms with Gasteiger partial charge >= 0.3 is 93.8 Å². The number of carbonyl (C=O) groups is 2. The second-order valence-corrected chi connectivity index (χ2v) is 5.44. The standard InChI is InChI=1S/C14H10O8S2.2Na.2H/c15-13(11-7-3-1-4-8-11)19-23(17)21-22-24(18)20-14(16)12-9-5-2-6-10-12;;;;/h1-10H;;;;. The molecule has 0 radical (unpaired) electrons. The molecule has 2 unspecified atom stereocenters. The van der Waals surface area contributed by atoms with Crippen molar-refractivity contribution in [2.45, 2.75) is 0 Å². The van der Waals surface area contributed by atoms with E-state index in [-0.39, 0.29) is 70.2 Å². The van der Waals surface area contributed by atoms with Crippen molar-refractivity contribution < 1.29 is 35.0 Å². The van der Waals surface area contributed by atoms with E-state index in [1.54, 1.807) is 36.4 Å². The molecule has 0 aromatic heterocycles. The molecule has 0 aliphatic rings. The van der Waals surface area contributed by atoms with Gasteiger partial charge in [0.1, 0.15) is 0 Å². The van der Waals surface area contributed by atoms with Crippen LogP contribution in [0.5, 0.6) is 0 Å². The van der Waals surface area contributed by atoms with Crippen LogP contribution in [-0.4, -0.2) is 79.5 Å². The van der Waals surface area contributed by atoms with Gasteiger partial charge in [-0.25, -0.2) is 9.59 Å². The van der Waals surface area contributed by atoms with Gasteiger partial charge < -0.3 is 8.37 Å². The zero-order chi connectivity index (χ0) is 17.4. The van der Waals surface area contributed by atoms with Gasteiger partial charge in [-0.3, -0.25) is 0 Å². The van der Waals surface area contributed by atoms with Crippen LogP contribution in [0, 0.1) is 0 Å². The summed E-state index contributed by atoms with van der Waals surface area (Å²) in [4.78, 5) is 23.1. The molecule has 2 aromatic carbocycles. The van der Waals surface area contributed by atoms with Gasteiger partial charge in [0.2, 0.25) is 0 Å². The third-order valence-electron chi connectivity index (χ3n) is 2.45. The van der Waals surface area contributed by atoms with Crippen molar-refractivity contribution in [3.05, 3.63) is 71.8 Å². The zero-order valence-electron chi connectivity index (χ0n) is 11.9. The van der Waals surface area contributed by atoms with Gasteiger partial charge in [0.15, 0.2) is 0 Å². The maximum absolute atomic E-state index is 11.6. The van der Waals surface area contributed by atoms with Crippen LogP contribution in [0.2, 0.25) is 0 Å². The Bertz CT molecular complexity index is 693. The molecular weight excluding hydrogens is 406 g/mol. The monoisotopic (exact) mass is 418 g/mol. The van der Waals surface area contributed by atoms with Crippen LogP contribution in [0.1, 0.15) is 20.7 Å². The second kappa shape index (κ2) is 13.7. The summed E-state index contributed by atoms with van der Waals surface area (Å²) in [6.07, 6.45) is 0. The third-order valence-corrected chi connectivity index (χ3v) is 3.46. The van der Waals surface area contributed by atoms with Crippen LogP contribution in [-0.2, 0) is 39.8 Å². The van der Waals surface area contributed by atoms with Gasteiger partial charge in [0, 0.05) is 0 Å². The van der Waals surface area contributed by atoms with Crippen molar-refractivity contribution >= 4 is 93.8 Å². The fourth-order valence-corrected chi connectivity index (χ4v) is 2.30. The summed E-state index contributed by atoms with van der Waals surface area (Å²) in [7, 11) is 0. The molecule has 130 valence electrons. The van der Waals surface area contributed by atoms with Gasteiger partial charge in [-0.15, -0.1) is 0 Å². The van der Waals surface area contributed by atoms with E-state index in [4.69, 9.17) is 0 Å². The predicted octanol–water partition coefficient (Wildman–Crippen LogP) is 0.509. The van der Waals surface area contributed by atoms with Crippen LogP contribution in [0.25, 0.3) is 0 Å². The number of carbonyl (C=O) groups excluding carboxylic acids is 2. The van der Waals surface area contributed by atoms with Crippen molar-refractivity contribution in [2.75, 3.05) is 0 Å². The first-order chi connectivity index (χ1) is 11.6. The Morgan fingerprint density at radius 1 is 0.615 bits per heavy atom. The van der Waals surface area contributed by atoms with E-state index in [2.05, 4.69) is 17.0 Å². The second-order valence-electron chi connectivity index (χ2n) is 4.02. The Morgan fingerprint density at radius 3 is 1.23 bits per heavy atom. The number of rotatable bonds is 7. The van der Waals surface area contributed by atoms with E-state index in [9.17, 15) is 18.0 Å². The van der Waals surface area contributed by atoms with Gasteiger partial charge in [0.05, 0.1) is 11.1 Å². The van der Waals surface area contributed by atoms with Crippen LogP contribution < -0.4 is 0 Å². The van der Waals surface area contributed by atoms with E-state index < -0.39 is 34.7 Å². The van der Waals surface area contributed by atoms with E-state index in [0.29, 0.717) is 0 Å². The van der Waals surface area contributed by atoms with Crippen LogP contribution in [0.15, 0.2) is 60.7 Å². The summed E-state index contributed by atoms with van der Waals surface area (Å²) in [5.74, 6) is -1.88. The van der Waals surface area contributed by atoms with Gasteiger partial charge in [0.25, 0.3) is 0 Å². The Hall–Kier alpha value is -0.400. The fourth-order valence-electron chi connectivity index (χ4n) is 1.44. The molecule has 12 heteroatoms. The Kier molecular flexibility index (Phi) is 13.5. The van der Waals surface area contributed by atoms with E-state index in [1.807, 2.05) is 0 Å². The first kappa shape index (κ1) is 25.6. The van der Waals surface area contributed by atoms with E-state index in [1.165, 1.54) is 24.3 Å². The topological polar surface area (TPSA) is 105 Å². The van der Waals surface area contributed by atoms with E-state index >= 15 is 0 Å². The Balaban J connectivity index is 0.00000312. The number of benzene rings is 2. The Labute approximate surface area is 198 Å². The molecule has 0 aliphatic carbocycles. The average Bonchev–Trinajstić information content (AvgIpc) is 2.61. The molecule has 0 saturated heterocycles. The van der Waals surface area contributed by atoms with Gasteiger partial charge in [-0.1, -0.05) is 45.1 Å². The molecule has 2 aromatic rings. The number of hydrogen-bond donors (Lipinski definition) is 0. The molecule has 8 nitrogen and oxygen atoms in total. The SMILES string of the molecule is O=C(OS(=O)OOS(=O)OC(=O)c1ccccc1)c1ccccc1.[NaH].[NaH]. The quantitative estimate of drug-likeness (QED) is 0.364. The Morgan fingerprint density at radius 2 is 0.923 bits per heavy atom.